The highest BCUT2D eigenvalue weighted by Crippen LogP contribution is 2.38. The summed E-state index contributed by atoms with van der Waals surface area (Å²) in [4.78, 5) is 0. The third-order valence-electron chi connectivity index (χ3n) is 3.86. The Morgan fingerprint density at radius 1 is 0.952 bits per heavy atom. The van der Waals surface area contributed by atoms with Crippen LogP contribution in [0.5, 0.6) is 0 Å². The first-order valence-corrected chi connectivity index (χ1v) is 8.45. The van der Waals surface area contributed by atoms with Crippen molar-refractivity contribution in [3.8, 4) is 0 Å². The zero-order valence-electron chi connectivity index (χ0n) is 13.3. The number of benzene rings is 2. The van der Waals surface area contributed by atoms with Gasteiger partial charge in [0.2, 0.25) is 0 Å². The minimum atomic E-state index is -0.118. The van der Waals surface area contributed by atoms with Gasteiger partial charge in [-0.1, -0.05) is 67.0 Å². The molecule has 0 aliphatic heterocycles. The number of rotatable bonds is 2. The second kappa shape index (κ2) is 6.14. The highest BCUT2D eigenvalue weighted by Gasteiger charge is 2.23. The highest BCUT2D eigenvalue weighted by atomic mass is 79.9. The van der Waals surface area contributed by atoms with E-state index >= 15 is 0 Å². The molecule has 0 aliphatic carbocycles. The van der Waals surface area contributed by atoms with E-state index in [1.54, 1.807) is 0 Å². The smallest absolute Gasteiger partial charge is 0.0840 e. The van der Waals surface area contributed by atoms with E-state index in [4.69, 9.17) is 11.6 Å². The van der Waals surface area contributed by atoms with Crippen LogP contribution >= 0.6 is 27.5 Å². The highest BCUT2D eigenvalue weighted by molar-refractivity contribution is 9.10. The maximum atomic E-state index is 6.86. The van der Waals surface area contributed by atoms with E-state index in [2.05, 4.69) is 86.9 Å². The normalized spacial score (nSPS) is 13.3. The van der Waals surface area contributed by atoms with Crippen molar-refractivity contribution in [1.82, 2.24) is 0 Å². The van der Waals surface area contributed by atoms with Crippen molar-refractivity contribution in [2.24, 2.45) is 0 Å². The summed E-state index contributed by atoms with van der Waals surface area (Å²) in [5, 5.41) is -0.118. The SMILES string of the molecule is Cc1cc(C(Cl)c2ccccc2C(C)(C)C)c(C)cc1Br. The zero-order valence-corrected chi connectivity index (χ0v) is 15.6. The Morgan fingerprint density at radius 3 is 2.19 bits per heavy atom. The van der Waals surface area contributed by atoms with Gasteiger partial charge in [0.05, 0.1) is 5.38 Å². The minimum absolute atomic E-state index is 0.0854. The van der Waals surface area contributed by atoms with E-state index in [0.29, 0.717) is 0 Å². The van der Waals surface area contributed by atoms with Gasteiger partial charge in [-0.3, -0.25) is 0 Å². The molecule has 112 valence electrons. The first-order valence-electron chi connectivity index (χ1n) is 7.22. The van der Waals surface area contributed by atoms with Crippen LogP contribution in [0.4, 0.5) is 0 Å². The molecule has 0 fully saturated rings. The second-order valence-electron chi connectivity index (χ2n) is 6.66. The van der Waals surface area contributed by atoms with E-state index in [1.165, 1.54) is 27.8 Å². The average Bonchev–Trinajstić information content (AvgIpc) is 2.41. The maximum absolute atomic E-state index is 6.86. The second-order valence-corrected chi connectivity index (χ2v) is 7.95. The summed E-state index contributed by atoms with van der Waals surface area (Å²) in [6.07, 6.45) is 0. The Morgan fingerprint density at radius 2 is 1.57 bits per heavy atom. The third kappa shape index (κ3) is 3.52. The summed E-state index contributed by atoms with van der Waals surface area (Å²) in [6, 6.07) is 12.8. The number of hydrogen-bond donors (Lipinski definition) is 0. The van der Waals surface area contributed by atoms with Gasteiger partial charge in [-0.2, -0.15) is 0 Å². The molecule has 0 amide bonds. The lowest BCUT2D eigenvalue weighted by atomic mass is 9.81. The van der Waals surface area contributed by atoms with Gasteiger partial charge in [-0.15, -0.1) is 11.6 Å². The third-order valence-corrected chi connectivity index (χ3v) is 5.19. The summed E-state index contributed by atoms with van der Waals surface area (Å²) in [5.74, 6) is 0. The minimum Gasteiger partial charge on any atom is -0.113 e. The van der Waals surface area contributed by atoms with Gasteiger partial charge in [-0.05, 0) is 53.1 Å². The molecule has 0 bridgehead atoms. The fraction of sp³-hybridized carbons (Fsp3) is 0.368. The molecule has 0 saturated heterocycles. The Kier molecular flexibility index (Phi) is 4.85. The van der Waals surface area contributed by atoms with Gasteiger partial charge in [0.1, 0.15) is 0 Å². The Bertz CT molecular complexity index is 653. The summed E-state index contributed by atoms with van der Waals surface area (Å²) < 4.78 is 1.14. The quantitative estimate of drug-likeness (QED) is 0.520. The van der Waals surface area contributed by atoms with Crippen LogP contribution in [0.1, 0.15) is 54.0 Å². The Labute approximate surface area is 141 Å². The van der Waals surface area contributed by atoms with Gasteiger partial charge in [0, 0.05) is 4.47 Å². The predicted octanol–water partition coefficient (Wildman–Crippen LogP) is 6.69. The maximum Gasteiger partial charge on any atom is 0.0840 e. The lowest BCUT2D eigenvalue weighted by molar-refractivity contribution is 0.583. The van der Waals surface area contributed by atoms with Crippen LogP contribution in [0, 0.1) is 13.8 Å². The molecular formula is C19H22BrCl. The van der Waals surface area contributed by atoms with Crippen molar-refractivity contribution in [2.45, 2.75) is 45.4 Å². The van der Waals surface area contributed by atoms with Crippen LogP contribution in [0.15, 0.2) is 40.9 Å². The number of hydrogen-bond acceptors (Lipinski definition) is 0. The van der Waals surface area contributed by atoms with Crippen molar-refractivity contribution in [3.63, 3.8) is 0 Å². The molecule has 2 aromatic carbocycles. The van der Waals surface area contributed by atoms with Gasteiger partial charge in [-0.25, -0.2) is 0 Å². The molecule has 0 aliphatic rings. The van der Waals surface area contributed by atoms with Crippen LogP contribution in [-0.4, -0.2) is 0 Å². The van der Waals surface area contributed by atoms with Gasteiger partial charge in [0.25, 0.3) is 0 Å². The number of alkyl halides is 1. The van der Waals surface area contributed by atoms with Crippen molar-refractivity contribution in [2.75, 3.05) is 0 Å². The Balaban J connectivity index is 2.56. The molecule has 0 nitrogen and oxygen atoms in total. The summed E-state index contributed by atoms with van der Waals surface area (Å²) >= 11 is 10.4. The van der Waals surface area contributed by atoms with Crippen molar-refractivity contribution in [3.05, 3.63) is 68.7 Å². The lowest BCUT2D eigenvalue weighted by Gasteiger charge is -2.26. The van der Waals surface area contributed by atoms with Gasteiger partial charge in [0.15, 0.2) is 0 Å². The largest absolute Gasteiger partial charge is 0.113 e. The number of halogens is 2. The zero-order chi connectivity index (χ0) is 15.8. The van der Waals surface area contributed by atoms with E-state index in [-0.39, 0.29) is 10.8 Å². The predicted molar refractivity (Wildman–Crippen MR) is 96.5 cm³/mol. The molecule has 0 aromatic heterocycles. The van der Waals surface area contributed by atoms with E-state index in [0.717, 1.165) is 4.47 Å². The van der Waals surface area contributed by atoms with Gasteiger partial charge >= 0.3 is 0 Å². The molecule has 2 rings (SSSR count). The molecule has 21 heavy (non-hydrogen) atoms. The fourth-order valence-corrected chi connectivity index (χ4v) is 3.53. The average molecular weight is 366 g/mol. The van der Waals surface area contributed by atoms with E-state index in [9.17, 15) is 0 Å². The number of aryl methyl sites for hydroxylation is 2. The molecule has 0 heterocycles. The molecule has 0 spiro atoms. The fourth-order valence-electron chi connectivity index (χ4n) is 2.64. The molecule has 2 heteroatoms. The summed E-state index contributed by atoms with van der Waals surface area (Å²) in [6.45, 7) is 10.9. The molecule has 1 atom stereocenters. The van der Waals surface area contributed by atoms with E-state index < -0.39 is 0 Å². The molecule has 0 radical (unpaired) electrons. The van der Waals surface area contributed by atoms with Crippen LogP contribution in [0.2, 0.25) is 0 Å². The van der Waals surface area contributed by atoms with Crippen LogP contribution in [-0.2, 0) is 5.41 Å². The molecule has 2 aromatic rings. The summed E-state index contributed by atoms with van der Waals surface area (Å²) in [5.41, 5.74) is 6.23. The van der Waals surface area contributed by atoms with Crippen LogP contribution < -0.4 is 0 Å². The standard InChI is InChI=1S/C19H22BrCl/c1-12-11-17(20)13(2)10-15(12)18(21)14-8-6-7-9-16(14)19(3,4)5/h6-11,18H,1-5H3. The molecule has 0 N–H and O–H groups in total. The van der Waals surface area contributed by atoms with Gasteiger partial charge < -0.3 is 0 Å². The van der Waals surface area contributed by atoms with Crippen LogP contribution in [0.3, 0.4) is 0 Å². The monoisotopic (exact) mass is 364 g/mol. The first-order chi connectivity index (χ1) is 9.71. The molecule has 0 saturated carbocycles. The molecular weight excluding hydrogens is 344 g/mol. The lowest BCUT2D eigenvalue weighted by Crippen LogP contribution is -2.15. The topological polar surface area (TPSA) is 0 Å². The van der Waals surface area contributed by atoms with Crippen LogP contribution in [0.25, 0.3) is 0 Å². The van der Waals surface area contributed by atoms with Crippen molar-refractivity contribution in [1.29, 1.82) is 0 Å². The van der Waals surface area contributed by atoms with Crippen molar-refractivity contribution >= 4 is 27.5 Å². The molecule has 1 unspecified atom stereocenters. The summed E-state index contributed by atoms with van der Waals surface area (Å²) in [7, 11) is 0. The Hall–Kier alpha value is -0.790. The first kappa shape index (κ1) is 16.6. The van der Waals surface area contributed by atoms with E-state index in [1.807, 2.05) is 0 Å². The van der Waals surface area contributed by atoms with Crippen molar-refractivity contribution < 1.29 is 0 Å².